The van der Waals surface area contributed by atoms with Gasteiger partial charge in [0.15, 0.2) is 0 Å². The summed E-state index contributed by atoms with van der Waals surface area (Å²) in [6.45, 7) is 16.2. The second kappa shape index (κ2) is 17.5. The number of alkyl carbamates (subject to hydrolysis) is 1. The van der Waals surface area contributed by atoms with E-state index in [2.05, 4.69) is 17.6 Å². The van der Waals surface area contributed by atoms with Gasteiger partial charge in [-0.05, 0) is 82.9 Å². The first-order valence-corrected chi connectivity index (χ1v) is 16.5. The van der Waals surface area contributed by atoms with E-state index in [1.54, 1.807) is 4.90 Å². The lowest BCUT2D eigenvalue weighted by atomic mass is 9.92. The fourth-order valence-electron chi connectivity index (χ4n) is 5.82. The van der Waals surface area contributed by atoms with Gasteiger partial charge in [-0.15, -0.1) is 0 Å². The Bertz CT molecular complexity index is 994. The summed E-state index contributed by atoms with van der Waals surface area (Å²) in [5, 5.41) is 6.20. The molecule has 7 heteroatoms. The van der Waals surface area contributed by atoms with Gasteiger partial charge in [-0.25, -0.2) is 4.79 Å². The predicted molar refractivity (Wildman–Crippen MR) is 171 cm³/mol. The number of aryl methyl sites for hydroxylation is 1. The Morgan fingerprint density at radius 1 is 0.976 bits per heavy atom. The summed E-state index contributed by atoms with van der Waals surface area (Å²) >= 11 is 0. The van der Waals surface area contributed by atoms with Crippen LogP contribution in [0.15, 0.2) is 18.2 Å². The number of nitrogens with zero attached hydrogens (tertiary/aromatic N) is 1. The van der Waals surface area contributed by atoms with Gasteiger partial charge in [0.05, 0.1) is 0 Å². The minimum absolute atomic E-state index is 0.121. The van der Waals surface area contributed by atoms with Gasteiger partial charge in [0.2, 0.25) is 11.8 Å². The predicted octanol–water partition coefficient (Wildman–Crippen LogP) is 7.92. The molecule has 3 amide bonds. The molecule has 1 aromatic carbocycles. The lowest BCUT2D eigenvalue weighted by Crippen LogP contribution is -2.54. The highest BCUT2D eigenvalue weighted by Gasteiger charge is 2.37. The van der Waals surface area contributed by atoms with Crippen molar-refractivity contribution in [1.29, 1.82) is 0 Å². The van der Waals surface area contributed by atoms with Gasteiger partial charge < -0.3 is 20.3 Å². The molecule has 238 valence electrons. The van der Waals surface area contributed by atoms with Crippen LogP contribution in [-0.4, -0.2) is 47.0 Å². The second-order valence-corrected chi connectivity index (χ2v) is 13.7. The number of nitrogens with one attached hydrogen (secondary N) is 2. The summed E-state index contributed by atoms with van der Waals surface area (Å²) in [7, 11) is 0. The van der Waals surface area contributed by atoms with Crippen molar-refractivity contribution >= 4 is 17.9 Å². The Morgan fingerprint density at radius 2 is 1.62 bits per heavy atom. The number of hydrogen-bond acceptors (Lipinski definition) is 4. The maximum absolute atomic E-state index is 14.5. The highest BCUT2D eigenvalue weighted by Crippen LogP contribution is 2.30. The van der Waals surface area contributed by atoms with Gasteiger partial charge in [-0.1, -0.05) is 90.3 Å². The zero-order chi connectivity index (χ0) is 31.3. The Balaban J connectivity index is 2.50. The standard InChI is InChI=1S/C35H59N3O4/c1-9-10-11-12-13-17-23-38(33(40)30(24-25(2)3)37-34(41)42-35(6,7)8)31(29-22-18-19-26(4)27(29)5)32(39)36-28-20-15-14-16-21-28/h18-19,22,25,28,30-31H,9-17,20-21,23-24H2,1-8H3,(H,36,39)(H,37,41). The summed E-state index contributed by atoms with van der Waals surface area (Å²) in [6, 6.07) is 4.54. The molecule has 1 fully saturated rings. The highest BCUT2D eigenvalue weighted by molar-refractivity contribution is 5.92. The quantitative estimate of drug-likeness (QED) is 0.205. The van der Waals surface area contributed by atoms with Crippen molar-refractivity contribution in [3.63, 3.8) is 0 Å². The highest BCUT2D eigenvalue weighted by atomic mass is 16.6. The zero-order valence-electron chi connectivity index (χ0n) is 27.8. The Labute approximate surface area is 255 Å². The smallest absolute Gasteiger partial charge is 0.408 e. The molecule has 7 nitrogen and oxygen atoms in total. The minimum atomic E-state index is -0.796. The number of carbonyl (C=O) groups excluding carboxylic acids is 3. The zero-order valence-corrected chi connectivity index (χ0v) is 27.8. The molecular formula is C35H59N3O4. The van der Waals surface area contributed by atoms with Crippen molar-refractivity contribution in [2.75, 3.05) is 6.54 Å². The van der Waals surface area contributed by atoms with E-state index in [0.717, 1.165) is 61.6 Å². The maximum atomic E-state index is 14.5. The SMILES string of the molecule is CCCCCCCCN(C(=O)C(CC(C)C)NC(=O)OC(C)(C)C)C(C(=O)NC1CCCCC1)c1cccc(C)c1C. The van der Waals surface area contributed by atoms with Crippen LogP contribution in [-0.2, 0) is 14.3 Å². The average Bonchev–Trinajstić information content (AvgIpc) is 2.90. The first kappa shape index (κ1) is 35.6. The number of hydrogen-bond donors (Lipinski definition) is 2. The van der Waals surface area contributed by atoms with Crippen LogP contribution in [0.25, 0.3) is 0 Å². The van der Waals surface area contributed by atoms with Gasteiger partial charge in [-0.3, -0.25) is 9.59 Å². The molecule has 1 aromatic rings. The molecule has 2 unspecified atom stereocenters. The summed E-state index contributed by atoms with van der Waals surface area (Å²) < 4.78 is 5.54. The first-order chi connectivity index (χ1) is 19.8. The monoisotopic (exact) mass is 585 g/mol. The number of benzene rings is 1. The van der Waals surface area contributed by atoms with Gasteiger partial charge in [-0.2, -0.15) is 0 Å². The van der Waals surface area contributed by atoms with Crippen molar-refractivity contribution in [1.82, 2.24) is 15.5 Å². The summed E-state index contributed by atoms with van der Waals surface area (Å²) in [6.07, 6.45) is 11.6. The topological polar surface area (TPSA) is 87.7 Å². The van der Waals surface area contributed by atoms with E-state index in [1.807, 2.05) is 66.7 Å². The molecule has 0 radical (unpaired) electrons. The number of unbranched alkanes of at least 4 members (excludes halogenated alkanes) is 5. The van der Waals surface area contributed by atoms with Crippen LogP contribution in [0.5, 0.6) is 0 Å². The van der Waals surface area contributed by atoms with E-state index < -0.39 is 23.8 Å². The molecule has 1 saturated carbocycles. The number of ether oxygens (including phenoxy) is 1. The lowest BCUT2D eigenvalue weighted by Gasteiger charge is -2.37. The lowest BCUT2D eigenvalue weighted by molar-refractivity contribution is -0.143. The van der Waals surface area contributed by atoms with E-state index >= 15 is 0 Å². The number of amides is 3. The Kier molecular flexibility index (Phi) is 14.9. The fraction of sp³-hybridized carbons (Fsp3) is 0.743. The first-order valence-electron chi connectivity index (χ1n) is 16.5. The van der Waals surface area contributed by atoms with Crippen LogP contribution in [0.1, 0.15) is 141 Å². The molecule has 2 atom stereocenters. The molecule has 0 spiro atoms. The average molecular weight is 586 g/mol. The van der Waals surface area contributed by atoms with E-state index in [0.29, 0.717) is 13.0 Å². The molecule has 2 rings (SSSR count). The summed E-state index contributed by atoms with van der Waals surface area (Å²) in [5.74, 6) is -0.205. The molecule has 0 aliphatic heterocycles. The van der Waals surface area contributed by atoms with E-state index in [4.69, 9.17) is 4.74 Å². The summed E-state index contributed by atoms with van der Waals surface area (Å²) in [4.78, 5) is 43.4. The molecule has 0 heterocycles. The van der Waals surface area contributed by atoms with E-state index in [9.17, 15) is 14.4 Å². The van der Waals surface area contributed by atoms with Crippen LogP contribution in [0.3, 0.4) is 0 Å². The molecule has 1 aliphatic rings. The second-order valence-electron chi connectivity index (χ2n) is 13.7. The van der Waals surface area contributed by atoms with Crippen molar-refractivity contribution in [2.24, 2.45) is 5.92 Å². The minimum Gasteiger partial charge on any atom is -0.444 e. The van der Waals surface area contributed by atoms with Crippen molar-refractivity contribution in [2.45, 2.75) is 156 Å². The van der Waals surface area contributed by atoms with Gasteiger partial charge >= 0.3 is 6.09 Å². The van der Waals surface area contributed by atoms with Crippen LogP contribution >= 0.6 is 0 Å². The maximum Gasteiger partial charge on any atom is 0.408 e. The normalized spacial score (nSPS) is 15.6. The molecule has 2 N–H and O–H groups in total. The fourth-order valence-corrected chi connectivity index (χ4v) is 5.82. The van der Waals surface area contributed by atoms with Crippen molar-refractivity contribution in [3.8, 4) is 0 Å². The largest absolute Gasteiger partial charge is 0.444 e. The van der Waals surface area contributed by atoms with Crippen molar-refractivity contribution < 1.29 is 19.1 Å². The number of rotatable bonds is 15. The molecule has 0 saturated heterocycles. The Morgan fingerprint density at radius 3 is 2.24 bits per heavy atom. The third-order valence-corrected chi connectivity index (χ3v) is 8.18. The summed E-state index contributed by atoms with van der Waals surface area (Å²) in [5.41, 5.74) is 2.26. The Hall–Kier alpha value is -2.57. The van der Waals surface area contributed by atoms with Crippen LogP contribution in [0, 0.1) is 19.8 Å². The molecule has 0 aromatic heterocycles. The van der Waals surface area contributed by atoms with E-state index in [-0.39, 0.29) is 23.8 Å². The van der Waals surface area contributed by atoms with Crippen LogP contribution < -0.4 is 10.6 Å². The molecule has 1 aliphatic carbocycles. The van der Waals surface area contributed by atoms with Gasteiger partial charge in [0, 0.05) is 12.6 Å². The third-order valence-electron chi connectivity index (χ3n) is 8.18. The molecule has 0 bridgehead atoms. The van der Waals surface area contributed by atoms with Gasteiger partial charge in [0.25, 0.3) is 0 Å². The molecule has 42 heavy (non-hydrogen) atoms. The van der Waals surface area contributed by atoms with Crippen LogP contribution in [0.2, 0.25) is 0 Å². The van der Waals surface area contributed by atoms with E-state index in [1.165, 1.54) is 25.7 Å². The third kappa shape index (κ3) is 12.0. The number of carbonyl (C=O) groups is 3. The molecular weight excluding hydrogens is 526 g/mol. The van der Waals surface area contributed by atoms with Crippen LogP contribution in [0.4, 0.5) is 4.79 Å². The van der Waals surface area contributed by atoms with Gasteiger partial charge in [0.1, 0.15) is 17.7 Å². The van der Waals surface area contributed by atoms with Crippen molar-refractivity contribution in [3.05, 3.63) is 34.9 Å².